The van der Waals surface area contributed by atoms with Crippen LogP contribution in [0.5, 0.6) is 0 Å². The standard InChI is InChI=1S/C9H16N2O2/c1-7(13)11-3-8-2-10-4-9(8,5-11)6-12/h8,10,12H,2-6H2,1H3. The van der Waals surface area contributed by atoms with Crippen molar-refractivity contribution in [3.8, 4) is 0 Å². The summed E-state index contributed by atoms with van der Waals surface area (Å²) in [6, 6.07) is 0. The molecule has 0 aromatic heterocycles. The number of amides is 1. The Bertz CT molecular complexity index is 232. The van der Waals surface area contributed by atoms with Gasteiger partial charge in [0.15, 0.2) is 0 Å². The normalized spacial score (nSPS) is 38.0. The molecule has 2 atom stereocenters. The van der Waals surface area contributed by atoms with Crippen LogP contribution in [0.4, 0.5) is 0 Å². The molecule has 2 rings (SSSR count). The van der Waals surface area contributed by atoms with Gasteiger partial charge in [0, 0.05) is 38.5 Å². The van der Waals surface area contributed by atoms with E-state index in [1.807, 2.05) is 4.90 Å². The molecule has 0 bridgehead atoms. The summed E-state index contributed by atoms with van der Waals surface area (Å²) in [4.78, 5) is 13.0. The minimum Gasteiger partial charge on any atom is -0.396 e. The Hall–Kier alpha value is -0.610. The maximum absolute atomic E-state index is 11.2. The Morgan fingerprint density at radius 2 is 2.54 bits per heavy atom. The van der Waals surface area contributed by atoms with E-state index in [9.17, 15) is 9.90 Å². The van der Waals surface area contributed by atoms with E-state index in [1.165, 1.54) is 0 Å². The Morgan fingerprint density at radius 1 is 1.77 bits per heavy atom. The molecule has 0 radical (unpaired) electrons. The second-order valence-corrected chi connectivity index (χ2v) is 4.25. The molecule has 2 fully saturated rings. The van der Waals surface area contributed by atoms with Crippen molar-refractivity contribution in [2.75, 3.05) is 32.8 Å². The summed E-state index contributed by atoms with van der Waals surface area (Å²) in [5.41, 5.74) is -0.0499. The third kappa shape index (κ3) is 1.25. The molecule has 2 N–H and O–H groups in total. The van der Waals surface area contributed by atoms with Crippen LogP contribution in [0.15, 0.2) is 0 Å². The summed E-state index contributed by atoms with van der Waals surface area (Å²) in [6.07, 6.45) is 0. The van der Waals surface area contributed by atoms with Crippen LogP contribution in [0.2, 0.25) is 0 Å². The molecular formula is C9H16N2O2. The molecule has 2 unspecified atom stereocenters. The molecule has 4 heteroatoms. The van der Waals surface area contributed by atoms with Gasteiger partial charge in [0.25, 0.3) is 0 Å². The SMILES string of the molecule is CC(=O)N1CC2CNCC2(CO)C1. The fraction of sp³-hybridized carbons (Fsp3) is 0.889. The van der Waals surface area contributed by atoms with Crippen LogP contribution in [0.25, 0.3) is 0 Å². The van der Waals surface area contributed by atoms with Gasteiger partial charge in [-0.3, -0.25) is 4.79 Å². The van der Waals surface area contributed by atoms with E-state index in [2.05, 4.69) is 5.32 Å². The van der Waals surface area contributed by atoms with Gasteiger partial charge in [0.1, 0.15) is 0 Å². The lowest BCUT2D eigenvalue weighted by molar-refractivity contribution is -0.128. The number of nitrogens with zero attached hydrogens (tertiary/aromatic N) is 1. The quantitative estimate of drug-likeness (QED) is 0.552. The van der Waals surface area contributed by atoms with Crippen molar-refractivity contribution in [3.63, 3.8) is 0 Å². The minimum atomic E-state index is -0.0499. The highest BCUT2D eigenvalue weighted by Crippen LogP contribution is 2.38. The zero-order valence-electron chi connectivity index (χ0n) is 7.92. The Kier molecular flexibility index (Phi) is 2.04. The van der Waals surface area contributed by atoms with Crippen LogP contribution >= 0.6 is 0 Å². The molecular weight excluding hydrogens is 168 g/mol. The molecule has 13 heavy (non-hydrogen) atoms. The second kappa shape index (κ2) is 2.96. The second-order valence-electron chi connectivity index (χ2n) is 4.25. The van der Waals surface area contributed by atoms with E-state index in [0.717, 1.165) is 26.2 Å². The molecule has 0 saturated carbocycles. The van der Waals surface area contributed by atoms with Crippen LogP contribution in [0.1, 0.15) is 6.92 Å². The van der Waals surface area contributed by atoms with Crippen molar-refractivity contribution in [1.82, 2.24) is 10.2 Å². The zero-order valence-corrected chi connectivity index (χ0v) is 7.92. The van der Waals surface area contributed by atoms with E-state index in [0.29, 0.717) is 5.92 Å². The van der Waals surface area contributed by atoms with Crippen LogP contribution in [0.3, 0.4) is 0 Å². The highest BCUT2D eigenvalue weighted by molar-refractivity contribution is 5.73. The van der Waals surface area contributed by atoms with E-state index < -0.39 is 0 Å². The van der Waals surface area contributed by atoms with Crippen LogP contribution in [-0.2, 0) is 4.79 Å². The van der Waals surface area contributed by atoms with Crippen molar-refractivity contribution in [1.29, 1.82) is 0 Å². The lowest BCUT2D eigenvalue weighted by Crippen LogP contribution is -2.37. The van der Waals surface area contributed by atoms with Gasteiger partial charge in [-0.1, -0.05) is 0 Å². The monoisotopic (exact) mass is 184 g/mol. The van der Waals surface area contributed by atoms with E-state index in [-0.39, 0.29) is 17.9 Å². The summed E-state index contributed by atoms with van der Waals surface area (Å²) >= 11 is 0. The first-order valence-corrected chi connectivity index (χ1v) is 4.75. The van der Waals surface area contributed by atoms with Crippen molar-refractivity contribution in [2.45, 2.75) is 6.92 Å². The summed E-state index contributed by atoms with van der Waals surface area (Å²) in [5.74, 6) is 0.573. The van der Waals surface area contributed by atoms with Crippen molar-refractivity contribution in [2.24, 2.45) is 11.3 Å². The van der Waals surface area contributed by atoms with Crippen molar-refractivity contribution in [3.05, 3.63) is 0 Å². The fourth-order valence-corrected chi connectivity index (χ4v) is 2.48. The van der Waals surface area contributed by atoms with Gasteiger partial charge in [-0.25, -0.2) is 0 Å². The number of likely N-dealkylation sites (tertiary alicyclic amines) is 1. The maximum atomic E-state index is 11.2. The Morgan fingerprint density at radius 3 is 3.08 bits per heavy atom. The molecule has 2 saturated heterocycles. The van der Waals surface area contributed by atoms with E-state index >= 15 is 0 Å². The Balaban J connectivity index is 2.13. The molecule has 74 valence electrons. The average Bonchev–Trinajstić information content (AvgIpc) is 2.58. The van der Waals surface area contributed by atoms with Gasteiger partial charge in [0.2, 0.25) is 5.91 Å². The summed E-state index contributed by atoms with van der Waals surface area (Å²) in [6.45, 7) is 5.09. The number of nitrogens with one attached hydrogen (secondary N) is 1. The van der Waals surface area contributed by atoms with Crippen LogP contribution < -0.4 is 5.32 Å². The molecule has 2 aliphatic heterocycles. The smallest absolute Gasteiger partial charge is 0.219 e. The van der Waals surface area contributed by atoms with Gasteiger partial charge in [-0.2, -0.15) is 0 Å². The average molecular weight is 184 g/mol. The van der Waals surface area contributed by atoms with Gasteiger partial charge in [0.05, 0.1) is 6.61 Å². The van der Waals surface area contributed by atoms with Gasteiger partial charge >= 0.3 is 0 Å². The van der Waals surface area contributed by atoms with Gasteiger partial charge in [-0.15, -0.1) is 0 Å². The molecule has 2 aliphatic rings. The van der Waals surface area contributed by atoms with Gasteiger partial charge in [-0.05, 0) is 5.92 Å². The third-order valence-electron chi connectivity index (χ3n) is 3.44. The highest BCUT2D eigenvalue weighted by atomic mass is 16.3. The number of aliphatic hydroxyl groups excluding tert-OH is 1. The van der Waals surface area contributed by atoms with Crippen molar-refractivity contribution >= 4 is 5.91 Å². The van der Waals surface area contributed by atoms with Crippen LogP contribution in [-0.4, -0.2) is 48.7 Å². The molecule has 0 aromatic carbocycles. The first kappa shape index (κ1) is 8.97. The molecule has 0 aromatic rings. The van der Waals surface area contributed by atoms with Crippen LogP contribution in [0, 0.1) is 11.3 Å². The maximum Gasteiger partial charge on any atom is 0.219 e. The number of hydrogen-bond acceptors (Lipinski definition) is 3. The number of carbonyl (C=O) groups is 1. The summed E-state index contributed by atoms with van der Waals surface area (Å²) in [5, 5.41) is 12.6. The number of carbonyl (C=O) groups excluding carboxylic acids is 1. The third-order valence-corrected chi connectivity index (χ3v) is 3.44. The topological polar surface area (TPSA) is 52.6 Å². The summed E-state index contributed by atoms with van der Waals surface area (Å²) < 4.78 is 0. The molecule has 1 amide bonds. The number of aliphatic hydroxyl groups is 1. The number of hydrogen-bond donors (Lipinski definition) is 2. The predicted molar refractivity (Wildman–Crippen MR) is 48.1 cm³/mol. The zero-order chi connectivity index (χ0) is 9.47. The van der Waals surface area contributed by atoms with E-state index in [1.54, 1.807) is 6.92 Å². The molecule has 4 nitrogen and oxygen atoms in total. The minimum absolute atomic E-state index is 0.0499. The molecule has 2 heterocycles. The largest absolute Gasteiger partial charge is 0.396 e. The lowest BCUT2D eigenvalue weighted by Gasteiger charge is -2.24. The lowest BCUT2D eigenvalue weighted by atomic mass is 9.82. The summed E-state index contributed by atoms with van der Waals surface area (Å²) in [7, 11) is 0. The number of fused-ring (bicyclic) bond motifs is 1. The molecule has 0 spiro atoms. The highest BCUT2D eigenvalue weighted by Gasteiger charge is 2.49. The fourth-order valence-electron chi connectivity index (χ4n) is 2.48. The van der Waals surface area contributed by atoms with Crippen molar-refractivity contribution < 1.29 is 9.90 Å². The Labute approximate surface area is 77.9 Å². The van der Waals surface area contributed by atoms with E-state index in [4.69, 9.17) is 0 Å². The van der Waals surface area contributed by atoms with Gasteiger partial charge < -0.3 is 15.3 Å². The molecule has 0 aliphatic carbocycles. The first-order chi connectivity index (χ1) is 6.18. The number of rotatable bonds is 1. The predicted octanol–water partition coefficient (Wildman–Crippen LogP) is -0.953. The first-order valence-electron chi connectivity index (χ1n) is 4.75.